The van der Waals surface area contributed by atoms with E-state index in [1.165, 1.54) is 0 Å². The van der Waals surface area contributed by atoms with Crippen LogP contribution in [0.5, 0.6) is 0 Å². The van der Waals surface area contributed by atoms with Gasteiger partial charge in [-0.25, -0.2) is 9.78 Å². The Kier molecular flexibility index (Phi) is 6.29. The highest BCUT2D eigenvalue weighted by atomic mass is 35.5. The van der Waals surface area contributed by atoms with Crippen molar-refractivity contribution in [1.29, 1.82) is 0 Å². The number of hydrogen-bond donors (Lipinski definition) is 1. The normalized spacial score (nSPS) is 10.7. The van der Waals surface area contributed by atoms with Gasteiger partial charge in [-0.1, -0.05) is 23.7 Å². The zero-order valence-electron chi connectivity index (χ0n) is 16.1. The lowest BCUT2D eigenvalue weighted by molar-refractivity contribution is -0.124. The summed E-state index contributed by atoms with van der Waals surface area (Å²) >= 11 is 5.82. The first kappa shape index (κ1) is 20.5. The number of nitrogens with zero attached hydrogens (tertiary/aromatic N) is 2. The quantitative estimate of drug-likeness (QED) is 0.627. The van der Waals surface area contributed by atoms with E-state index in [1.54, 1.807) is 54.0 Å². The third-order valence-corrected chi connectivity index (χ3v) is 4.65. The fraction of sp³-hybridized carbons (Fsp3) is 0.238. The minimum atomic E-state index is -0.637. The molecule has 0 aliphatic carbocycles. The van der Waals surface area contributed by atoms with Crippen molar-refractivity contribution < 1.29 is 14.3 Å². The molecule has 0 saturated carbocycles. The number of amides is 1. The molecule has 0 spiro atoms. The smallest absolute Gasteiger partial charge is 0.338 e. The summed E-state index contributed by atoms with van der Waals surface area (Å²) in [6.07, 6.45) is 0. The second-order valence-corrected chi connectivity index (χ2v) is 6.87. The number of benzene rings is 2. The van der Waals surface area contributed by atoms with Crippen LogP contribution in [0.1, 0.15) is 28.5 Å². The van der Waals surface area contributed by atoms with E-state index in [0.29, 0.717) is 34.8 Å². The molecule has 3 aromatic rings. The van der Waals surface area contributed by atoms with Gasteiger partial charge in [0.1, 0.15) is 5.69 Å². The van der Waals surface area contributed by atoms with Crippen LogP contribution >= 0.6 is 11.6 Å². The summed E-state index contributed by atoms with van der Waals surface area (Å²) in [5, 5.41) is 3.29. The molecule has 0 saturated heterocycles. The number of fused-ring (bicyclic) bond motifs is 1. The second-order valence-electron chi connectivity index (χ2n) is 6.43. The fourth-order valence-electron chi connectivity index (χ4n) is 2.88. The number of aryl methyl sites for hydroxylation is 2. The van der Waals surface area contributed by atoms with Crippen molar-refractivity contribution in [2.75, 3.05) is 6.61 Å². The Hall–Kier alpha value is -3.19. The highest BCUT2D eigenvalue weighted by molar-refractivity contribution is 6.30. The predicted molar refractivity (Wildman–Crippen MR) is 110 cm³/mol. The maximum Gasteiger partial charge on any atom is 0.338 e. The molecule has 0 radical (unpaired) electrons. The third-order valence-electron chi connectivity index (χ3n) is 4.40. The van der Waals surface area contributed by atoms with Gasteiger partial charge in [0.15, 0.2) is 6.61 Å². The second kappa shape index (κ2) is 8.87. The molecule has 0 atom stereocenters. The number of carbonyl (C=O) groups excluding carboxylic acids is 2. The van der Waals surface area contributed by atoms with E-state index in [2.05, 4.69) is 10.3 Å². The summed E-state index contributed by atoms with van der Waals surface area (Å²) in [6.45, 7) is 3.90. The molecule has 1 amide bonds. The minimum Gasteiger partial charge on any atom is -0.452 e. The molecule has 1 aromatic heterocycles. The van der Waals surface area contributed by atoms with Gasteiger partial charge in [0.25, 0.3) is 11.5 Å². The Morgan fingerprint density at radius 1 is 1.17 bits per heavy atom. The van der Waals surface area contributed by atoms with Gasteiger partial charge in [-0.3, -0.25) is 9.59 Å². The van der Waals surface area contributed by atoms with E-state index in [4.69, 9.17) is 16.3 Å². The van der Waals surface area contributed by atoms with Gasteiger partial charge < -0.3 is 14.6 Å². The van der Waals surface area contributed by atoms with Crippen LogP contribution in [0.15, 0.2) is 47.3 Å². The fourth-order valence-corrected chi connectivity index (χ4v) is 3.01. The molecule has 0 bridgehead atoms. The van der Waals surface area contributed by atoms with Gasteiger partial charge in [-0.05, 0) is 49.7 Å². The average Bonchev–Trinajstić information content (AvgIpc) is 2.72. The summed E-state index contributed by atoms with van der Waals surface area (Å²) in [6, 6.07) is 11.8. The lowest BCUT2D eigenvalue weighted by atomic mass is 10.2. The van der Waals surface area contributed by atoms with Crippen LogP contribution in [-0.2, 0) is 22.6 Å². The van der Waals surface area contributed by atoms with Crippen molar-refractivity contribution in [2.24, 2.45) is 0 Å². The Morgan fingerprint density at radius 3 is 2.59 bits per heavy atom. The van der Waals surface area contributed by atoms with Crippen LogP contribution in [0.2, 0.25) is 5.02 Å². The summed E-state index contributed by atoms with van der Waals surface area (Å²) < 4.78 is 6.68. The standard InChI is InChI=1S/C21H20ClN3O4/c1-3-25-18-9-6-15(10-17(18)24-13(2)20(25)27)21(28)29-12-19(26)23-11-14-4-7-16(22)8-5-14/h4-10H,3,11-12H2,1-2H3,(H,23,26). The molecular weight excluding hydrogens is 394 g/mol. The third kappa shape index (κ3) is 4.81. The molecule has 0 aliphatic heterocycles. The highest BCUT2D eigenvalue weighted by Crippen LogP contribution is 2.14. The van der Waals surface area contributed by atoms with Gasteiger partial charge in [0.2, 0.25) is 0 Å². The zero-order valence-corrected chi connectivity index (χ0v) is 16.8. The van der Waals surface area contributed by atoms with Crippen molar-refractivity contribution in [3.8, 4) is 0 Å². The molecule has 1 N–H and O–H groups in total. The largest absolute Gasteiger partial charge is 0.452 e. The number of esters is 1. The maximum atomic E-state index is 12.3. The van der Waals surface area contributed by atoms with E-state index in [1.807, 2.05) is 6.92 Å². The molecule has 3 rings (SSSR count). The first-order chi connectivity index (χ1) is 13.9. The Bertz CT molecular complexity index is 1120. The van der Waals surface area contributed by atoms with Crippen molar-refractivity contribution in [1.82, 2.24) is 14.9 Å². The molecule has 0 unspecified atom stereocenters. The van der Waals surface area contributed by atoms with E-state index < -0.39 is 18.5 Å². The lowest BCUT2D eigenvalue weighted by Gasteiger charge is -2.10. The molecule has 150 valence electrons. The summed E-state index contributed by atoms with van der Waals surface area (Å²) in [4.78, 5) is 40.6. The van der Waals surface area contributed by atoms with Gasteiger partial charge in [-0.15, -0.1) is 0 Å². The highest BCUT2D eigenvalue weighted by Gasteiger charge is 2.13. The van der Waals surface area contributed by atoms with Crippen LogP contribution < -0.4 is 10.9 Å². The molecule has 1 heterocycles. The maximum absolute atomic E-state index is 12.3. The van der Waals surface area contributed by atoms with Crippen molar-refractivity contribution in [2.45, 2.75) is 26.9 Å². The number of carbonyl (C=O) groups is 2. The summed E-state index contributed by atoms with van der Waals surface area (Å²) in [5.41, 5.74) is 2.49. The lowest BCUT2D eigenvalue weighted by Crippen LogP contribution is -2.28. The molecule has 0 aliphatic rings. The van der Waals surface area contributed by atoms with E-state index >= 15 is 0 Å². The Balaban J connectivity index is 1.63. The van der Waals surface area contributed by atoms with Gasteiger partial charge in [-0.2, -0.15) is 0 Å². The molecule has 8 heteroatoms. The summed E-state index contributed by atoms with van der Waals surface area (Å²) in [7, 11) is 0. The molecule has 7 nitrogen and oxygen atoms in total. The first-order valence-corrected chi connectivity index (χ1v) is 9.46. The number of aromatic nitrogens is 2. The topological polar surface area (TPSA) is 90.3 Å². The molecule has 0 fully saturated rings. The van der Waals surface area contributed by atoms with Crippen LogP contribution in [0, 0.1) is 6.92 Å². The molecule has 2 aromatic carbocycles. The van der Waals surface area contributed by atoms with Crippen molar-refractivity contribution >= 4 is 34.5 Å². The zero-order chi connectivity index (χ0) is 21.0. The first-order valence-electron chi connectivity index (χ1n) is 9.08. The SMILES string of the molecule is CCn1c(=O)c(C)nc2cc(C(=O)OCC(=O)NCc3ccc(Cl)cc3)ccc21. The monoisotopic (exact) mass is 413 g/mol. The van der Waals surface area contributed by atoms with Gasteiger partial charge in [0.05, 0.1) is 16.6 Å². The minimum absolute atomic E-state index is 0.160. The van der Waals surface area contributed by atoms with Gasteiger partial charge in [0, 0.05) is 18.1 Å². The van der Waals surface area contributed by atoms with E-state index in [0.717, 1.165) is 5.56 Å². The molecular formula is C21H20ClN3O4. The van der Waals surface area contributed by atoms with Crippen molar-refractivity contribution in [3.63, 3.8) is 0 Å². The van der Waals surface area contributed by atoms with Crippen LogP contribution in [0.25, 0.3) is 11.0 Å². The number of rotatable bonds is 6. The Morgan fingerprint density at radius 2 is 1.90 bits per heavy atom. The summed E-state index contributed by atoms with van der Waals surface area (Å²) in [5.74, 6) is -1.05. The van der Waals surface area contributed by atoms with E-state index in [9.17, 15) is 14.4 Å². The Labute approximate surface area is 172 Å². The van der Waals surface area contributed by atoms with Crippen molar-refractivity contribution in [3.05, 3.63) is 74.7 Å². The number of hydrogen-bond acceptors (Lipinski definition) is 5. The average molecular weight is 414 g/mol. The number of halogens is 1. The van der Waals surface area contributed by atoms with Crippen LogP contribution in [0.4, 0.5) is 0 Å². The van der Waals surface area contributed by atoms with Crippen LogP contribution in [0.3, 0.4) is 0 Å². The number of nitrogens with one attached hydrogen (secondary N) is 1. The molecule has 29 heavy (non-hydrogen) atoms. The number of ether oxygens (including phenoxy) is 1. The van der Waals surface area contributed by atoms with E-state index in [-0.39, 0.29) is 11.1 Å². The van der Waals surface area contributed by atoms with Crippen LogP contribution in [-0.4, -0.2) is 28.0 Å². The van der Waals surface area contributed by atoms with Gasteiger partial charge >= 0.3 is 5.97 Å². The predicted octanol–water partition coefficient (Wildman–Crippen LogP) is 2.85.